The van der Waals surface area contributed by atoms with Crippen molar-refractivity contribution in [2.24, 2.45) is 0 Å². The highest BCUT2D eigenvalue weighted by molar-refractivity contribution is 5.71. The van der Waals surface area contributed by atoms with Gasteiger partial charge in [-0.3, -0.25) is 14.4 Å². The van der Waals surface area contributed by atoms with Crippen molar-refractivity contribution in [2.75, 3.05) is 13.2 Å². The van der Waals surface area contributed by atoms with E-state index >= 15 is 0 Å². The SMILES string of the molecule is CC/C=C\C/C=C\C/C=C\C/C=C\C/C=C\C/C=C\C/C=C\CCCCCC(=O)OCC(COC(=O)CCCCCCC)OC(=O)CCCCCCCCCCCCCCCCCCC. The van der Waals surface area contributed by atoms with Crippen molar-refractivity contribution in [3.05, 3.63) is 85.1 Å². The Kier molecular flexibility index (Phi) is 50.4. The van der Waals surface area contributed by atoms with Gasteiger partial charge in [0.15, 0.2) is 6.10 Å². The second-order valence-corrected chi connectivity index (χ2v) is 17.8. The van der Waals surface area contributed by atoms with Gasteiger partial charge in [0.2, 0.25) is 0 Å². The second kappa shape index (κ2) is 53.2. The highest BCUT2D eigenvalue weighted by atomic mass is 16.6. The highest BCUT2D eigenvalue weighted by Crippen LogP contribution is 2.15. The van der Waals surface area contributed by atoms with Gasteiger partial charge < -0.3 is 14.2 Å². The molecule has 0 aromatic rings. The van der Waals surface area contributed by atoms with Crippen LogP contribution in [0.3, 0.4) is 0 Å². The van der Waals surface area contributed by atoms with Gasteiger partial charge >= 0.3 is 17.9 Å². The van der Waals surface area contributed by atoms with Gasteiger partial charge in [-0.1, -0.05) is 241 Å². The van der Waals surface area contributed by atoms with Crippen molar-refractivity contribution in [3.63, 3.8) is 0 Å². The zero-order valence-electron chi connectivity index (χ0n) is 42.5. The molecule has 0 bridgehead atoms. The van der Waals surface area contributed by atoms with Crippen molar-refractivity contribution in [1.29, 1.82) is 0 Å². The Morgan fingerprint density at radius 3 is 0.938 bits per heavy atom. The first-order valence-electron chi connectivity index (χ1n) is 27.1. The van der Waals surface area contributed by atoms with E-state index in [0.717, 1.165) is 116 Å². The zero-order valence-corrected chi connectivity index (χ0v) is 42.5. The van der Waals surface area contributed by atoms with E-state index in [1.54, 1.807) is 0 Å². The third-order valence-corrected chi connectivity index (χ3v) is 11.4. The minimum absolute atomic E-state index is 0.0865. The predicted molar refractivity (Wildman–Crippen MR) is 279 cm³/mol. The van der Waals surface area contributed by atoms with Gasteiger partial charge in [0, 0.05) is 19.3 Å². The summed E-state index contributed by atoms with van der Waals surface area (Å²) in [6, 6.07) is 0. The third-order valence-electron chi connectivity index (χ3n) is 11.4. The van der Waals surface area contributed by atoms with Crippen LogP contribution in [0.4, 0.5) is 0 Å². The number of carbonyl (C=O) groups is 3. The number of carbonyl (C=O) groups excluding carboxylic acids is 3. The van der Waals surface area contributed by atoms with Crippen LogP contribution in [0.25, 0.3) is 0 Å². The molecule has 6 nitrogen and oxygen atoms in total. The lowest BCUT2D eigenvalue weighted by Crippen LogP contribution is -2.30. The van der Waals surface area contributed by atoms with Crippen LogP contribution >= 0.6 is 0 Å². The van der Waals surface area contributed by atoms with Crippen molar-refractivity contribution < 1.29 is 28.6 Å². The highest BCUT2D eigenvalue weighted by Gasteiger charge is 2.19. The van der Waals surface area contributed by atoms with Crippen LogP contribution in [0.1, 0.15) is 252 Å². The first-order valence-corrected chi connectivity index (χ1v) is 27.1. The molecule has 0 aromatic carbocycles. The average molecular weight is 905 g/mol. The first-order chi connectivity index (χ1) is 32.0. The Hall–Kier alpha value is -3.41. The Balaban J connectivity index is 4.21. The molecular weight excluding hydrogens is 805 g/mol. The van der Waals surface area contributed by atoms with Crippen molar-refractivity contribution in [2.45, 2.75) is 258 Å². The standard InChI is InChI=1S/C59H100O6/c1-4-7-10-13-15-17-19-21-23-25-26-27-28-29-30-31-32-34-35-37-39-41-43-46-49-52-58(61)64-55-56(54-63-57(60)51-48-45-12-9-6-3)65-59(62)53-50-47-44-42-40-38-36-33-24-22-20-18-16-14-11-8-5-2/h7,10,15,17,21,23,26-27,29-30,32,34,37,39,56H,4-6,8-9,11-14,16,18-20,22,24-25,28,31,33,35-36,38,40-55H2,1-3H3/b10-7-,17-15-,23-21-,27-26-,30-29-,34-32-,39-37-. The van der Waals surface area contributed by atoms with E-state index in [4.69, 9.17) is 14.2 Å². The van der Waals surface area contributed by atoms with E-state index in [2.05, 4.69) is 106 Å². The fourth-order valence-electron chi connectivity index (χ4n) is 7.36. The van der Waals surface area contributed by atoms with Gasteiger partial charge in [0.25, 0.3) is 0 Å². The summed E-state index contributed by atoms with van der Waals surface area (Å²) >= 11 is 0. The average Bonchev–Trinajstić information content (AvgIpc) is 3.30. The summed E-state index contributed by atoms with van der Waals surface area (Å²) in [4.78, 5) is 37.7. The minimum atomic E-state index is -0.785. The molecule has 0 rings (SSSR count). The Bertz CT molecular complexity index is 1270. The summed E-state index contributed by atoms with van der Waals surface area (Å²) < 4.78 is 16.7. The van der Waals surface area contributed by atoms with E-state index < -0.39 is 6.10 Å². The number of allylic oxidation sites excluding steroid dienone is 14. The van der Waals surface area contributed by atoms with Gasteiger partial charge in [-0.15, -0.1) is 0 Å². The maximum absolute atomic E-state index is 12.7. The molecule has 0 aliphatic carbocycles. The van der Waals surface area contributed by atoms with E-state index in [9.17, 15) is 14.4 Å². The van der Waals surface area contributed by atoms with Crippen LogP contribution in [-0.2, 0) is 28.6 Å². The van der Waals surface area contributed by atoms with Crippen LogP contribution in [0, 0.1) is 0 Å². The summed E-state index contributed by atoms with van der Waals surface area (Å²) in [5.41, 5.74) is 0. The first kappa shape index (κ1) is 61.6. The topological polar surface area (TPSA) is 78.9 Å². The fourth-order valence-corrected chi connectivity index (χ4v) is 7.36. The maximum atomic E-state index is 12.7. The normalized spacial score (nSPS) is 12.7. The molecular formula is C59H100O6. The molecule has 65 heavy (non-hydrogen) atoms. The van der Waals surface area contributed by atoms with E-state index in [1.165, 1.54) is 96.3 Å². The number of rotatable bonds is 48. The predicted octanol–water partition coefficient (Wildman–Crippen LogP) is 18.0. The fraction of sp³-hybridized carbons (Fsp3) is 0.712. The molecule has 1 atom stereocenters. The molecule has 0 aliphatic rings. The van der Waals surface area contributed by atoms with Crippen molar-refractivity contribution in [3.8, 4) is 0 Å². The van der Waals surface area contributed by atoms with Gasteiger partial charge in [-0.05, 0) is 77.0 Å². The summed E-state index contributed by atoms with van der Waals surface area (Å²) in [6.07, 6.45) is 69.0. The molecule has 0 radical (unpaired) electrons. The van der Waals surface area contributed by atoms with Crippen LogP contribution in [0.15, 0.2) is 85.1 Å². The molecule has 0 aliphatic heterocycles. The smallest absolute Gasteiger partial charge is 0.306 e. The third kappa shape index (κ3) is 51.4. The molecule has 0 aromatic heterocycles. The van der Waals surface area contributed by atoms with Gasteiger partial charge in [-0.25, -0.2) is 0 Å². The van der Waals surface area contributed by atoms with Crippen molar-refractivity contribution in [1.82, 2.24) is 0 Å². The number of hydrogen-bond donors (Lipinski definition) is 0. The van der Waals surface area contributed by atoms with Crippen LogP contribution < -0.4 is 0 Å². The molecule has 0 amide bonds. The number of esters is 3. The zero-order chi connectivity index (χ0) is 47.2. The van der Waals surface area contributed by atoms with Crippen LogP contribution in [0.5, 0.6) is 0 Å². The summed E-state index contributed by atoms with van der Waals surface area (Å²) in [5.74, 6) is -0.931. The maximum Gasteiger partial charge on any atom is 0.306 e. The number of hydrogen-bond acceptors (Lipinski definition) is 6. The molecule has 0 heterocycles. The molecule has 0 saturated heterocycles. The summed E-state index contributed by atoms with van der Waals surface area (Å²) in [7, 11) is 0. The second-order valence-electron chi connectivity index (χ2n) is 17.8. The molecule has 372 valence electrons. The van der Waals surface area contributed by atoms with E-state index in [1.807, 2.05) is 0 Å². The number of ether oxygens (including phenoxy) is 3. The lowest BCUT2D eigenvalue weighted by atomic mass is 10.0. The van der Waals surface area contributed by atoms with E-state index in [0.29, 0.717) is 19.3 Å². The quantitative estimate of drug-likeness (QED) is 0.0262. The van der Waals surface area contributed by atoms with Gasteiger partial charge in [0.05, 0.1) is 0 Å². The minimum Gasteiger partial charge on any atom is -0.462 e. The Morgan fingerprint density at radius 1 is 0.323 bits per heavy atom. The molecule has 0 saturated carbocycles. The number of unbranched alkanes of at least 4 members (excludes halogenated alkanes) is 23. The summed E-state index contributed by atoms with van der Waals surface area (Å²) in [5, 5.41) is 0. The van der Waals surface area contributed by atoms with Gasteiger partial charge in [-0.2, -0.15) is 0 Å². The molecule has 0 spiro atoms. The summed E-state index contributed by atoms with van der Waals surface area (Å²) in [6.45, 7) is 6.42. The van der Waals surface area contributed by atoms with Crippen LogP contribution in [0.2, 0.25) is 0 Å². The largest absolute Gasteiger partial charge is 0.462 e. The lowest BCUT2D eigenvalue weighted by molar-refractivity contribution is -0.167. The van der Waals surface area contributed by atoms with E-state index in [-0.39, 0.29) is 31.1 Å². The van der Waals surface area contributed by atoms with Gasteiger partial charge in [0.1, 0.15) is 13.2 Å². The molecule has 1 unspecified atom stereocenters. The van der Waals surface area contributed by atoms with Crippen LogP contribution in [-0.4, -0.2) is 37.2 Å². The molecule has 6 heteroatoms. The molecule has 0 N–H and O–H groups in total. The lowest BCUT2D eigenvalue weighted by Gasteiger charge is -2.18. The van der Waals surface area contributed by atoms with Crippen molar-refractivity contribution >= 4 is 17.9 Å². The Morgan fingerprint density at radius 2 is 0.600 bits per heavy atom. The monoisotopic (exact) mass is 905 g/mol. The Labute approximate surface area is 401 Å². The molecule has 0 fully saturated rings.